The monoisotopic (exact) mass is 363 g/mol. The summed E-state index contributed by atoms with van der Waals surface area (Å²) >= 11 is 12.0. The molecule has 0 radical (unpaired) electrons. The van der Waals surface area contributed by atoms with E-state index in [-0.39, 0.29) is 12.5 Å². The molecule has 0 fully saturated rings. The number of halogens is 2. The van der Waals surface area contributed by atoms with E-state index < -0.39 is 0 Å². The molecule has 1 N–H and O–H groups in total. The van der Waals surface area contributed by atoms with Crippen LogP contribution >= 0.6 is 23.2 Å². The third kappa shape index (κ3) is 3.96. The van der Waals surface area contributed by atoms with Gasteiger partial charge in [-0.3, -0.25) is 14.2 Å². The van der Waals surface area contributed by atoms with Gasteiger partial charge in [0.1, 0.15) is 11.6 Å². The Balaban J connectivity index is 1.66. The van der Waals surface area contributed by atoms with Crippen LogP contribution < -0.4 is 5.32 Å². The van der Waals surface area contributed by atoms with E-state index >= 15 is 0 Å². The molecule has 0 aliphatic heterocycles. The lowest BCUT2D eigenvalue weighted by atomic mass is 10.2. The summed E-state index contributed by atoms with van der Waals surface area (Å²) in [5.41, 5.74) is 1.94. The average Bonchev–Trinajstić information content (AvgIpc) is 3.08. The zero-order chi connectivity index (χ0) is 17.1. The molecule has 1 aromatic carbocycles. The lowest BCUT2D eigenvalue weighted by Crippen LogP contribution is -2.20. The smallest absolute Gasteiger partial charge is 0.247 e. The maximum Gasteiger partial charge on any atom is 0.247 e. The first-order valence-electron chi connectivity index (χ1n) is 7.27. The SMILES string of the molecule is Cc1ccnn1CC(=O)Nc1nn(Cc2ccc(Cl)cc2)cc1Cl. The van der Waals surface area contributed by atoms with Crippen molar-refractivity contribution in [2.24, 2.45) is 0 Å². The fourth-order valence-corrected chi connectivity index (χ4v) is 2.54. The van der Waals surface area contributed by atoms with Crippen molar-refractivity contribution in [1.82, 2.24) is 19.6 Å². The highest BCUT2D eigenvalue weighted by Gasteiger charge is 2.12. The van der Waals surface area contributed by atoms with Gasteiger partial charge in [-0.25, -0.2) is 0 Å². The minimum absolute atomic E-state index is 0.110. The molecule has 2 heterocycles. The molecule has 1 amide bonds. The van der Waals surface area contributed by atoms with Crippen molar-refractivity contribution in [2.45, 2.75) is 20.0 Å². The number of aryl methyl sites for hydroxylation is 1. The zero-order valence-electron chi connectivity index (χ0n) is 12.9. The molecule has 0 saturated heterocycles. The number of carbonyl (C=O) groups is 1. The predicted octanol–water partition coefficient (Wildman–Crippen LogP) is 3.38. The van der Waals surface area contributed by atoms with Crippen LogP contribution in [0.1, 0.15) is 11.3 Å². The number of carbonyl (C=O) groups excluding carboxylic acids is 1. The molecule has 3 aromatic rings. The van der Waals surface area contributed by atoms with Crippen LogP contribution in [0.25, 0.3) is 0 Å². The van der Waals surface area contributed by atoms with Crippen molar-refractivity contribution in [3.8, 4) is 0 Å². The Bertz CT molecular complexity index is 854. The van der Waals surface area contributed by atoms with Crippen LogP contribution in [-0.2, 0) is 17.9 Å². The summed E-state index contributed by atoms with van der Waals surface area (Å²) in [6, 6.07) is 9.29. The van der Waals surface area contributed by atoms with Gasteiger partial charge in [0.2, 0.25) is 5.91 Å². The molecule has 0 saturated carbocycles. The topological polar surface area (TPSA) is 64.7 Å². The second-order valence-electron chi connectivity index (χ2n) is 5.33. The fraction of sp³-hybridized carbons (Fsp3) is 0.188. The number of hydrogen-bond acceptors (Lipinski definition) is 3. The van der Waals surface area contributed by atoms with Gasteiger partial charge in [-0.05, 0) is 30.7 Å². The van der Waals surface area contributed by atoms with Crippen LogP contribution in [-0.4, -0.2) is 25.5 Å². The van der Waals surface area contributed by atoms with Crippen molar-refractivity contribution in [1.29, 1.82) is 0 Å². The third-order valence-electron chi connectivity index (χ3n) is 3.45. The Morgan fingerprint density at radius 3 is 2.62 bits per heavy atom. The molecule has 24 heavy (non-hydrogen) atoms. The summed E-state index contributed by atoms with van der Waals surface area (Å²) in [5.74, 6) is 0.0980. The van der Waals surface area contributed by atoms with Gasteiger partial charge in [-0.15, -0.1) is 0 Å². The van der Waals surface area contributed by atoms with E-state index in [2.05, 4.69) is 15.5 Å². The van der Waals surface area contributed by atoms with Gasteiger partial charge in [0.25, 0.3) is 0 Å². The molecule has 124 valence electrons. The molecule has 0 bridgehead atoms. The van der Waals surface area contributed by atoms with Gasteiger partial charge in [0, 0.05) is 23.1 Å². The van der Waals surface area contributed by atoms with E-state index in [0.717, 1.165) is 11.3 Å². The second-order valence-corrected chi connectivity index (χ2v) is 6.17. The molecule has 0 atom stereocenters. The molecule has 2 aromatic heterocycles. The third-order valence-corrected chi connectivity index (χ3v) is 3.98. The Morgan fingerprint density at radius 1 is 1.21 bits per heavy atom. The minimum Gasteiger partial charge on any atom is -0.306 e. The molecule has 3 rings (SSSR count). The van der Waals surface area contributed by atoms with Crippen molar-refractivity contribution in [2.75, 3.05) is 5.32 Å². The average molecular weight is 364 g/mol. The van der Waals surface area contributed by atoms with Gasteiger partial charge in [-0.1, -0.05) is 35.3 Å². The molecular weight excluding hydrogens is 349 g/mol. The van der Waals surface area contributed by atoms with Crippen molar-refractivity contribution >= 4 is 34.9 Å². The van der Waals surface area contributed by atoms with Gasteiger partial charge in [-0.2, -0.15) is 10.2 Å². The van der Waals surface area contributed by atoms with E-state index in [1.165, 1.54) is 0 Å². The highest BCUT2D eigenvalue weighted by atomic mass is 35.5. The summed E-state index contributed by atoms with van der Waals surface area (Å²) in [6.45, 7) is 2.53. The first-order valence-corrected chi connectivity index (χ1v) is 8.02. The summed E-state index contributed by atoms with van der Waals surface area (Å²) in [4.78, 5) is 12.1. The zero-order valence-corrected chi connectivity index (χ0v) is 14.4. The maximum atomic E-state index is 12.1. The molecule has 8 heteroatoms. The van der Waals surface area contributed by atoms with Crippen LogP contribution in [0.2, 0.25) is 10.0 Å². The highest BCUT2D eigenvalue weighted by Crippen LogP contribution is 2.20. The number of rotatable bonds is 5. The molecule has 0 unspecified atom stereocenters. The van der Waals surface area contributed by atoms with Crippen LogP contribution in [0.4, 0.5) is 5.82 Å². The van der Waals surface area contributed by atoms with E-state index in [1.807, 2.05) is 37.3 Å². The van der Waals surface area contributed by atoms with Gasteiger partial charge in [0.05, 0.1) is 6.54 Å². The molecular formula is C16H15Cl2N5O. The second kappa shape index (κ2) is 7.07. The van der Waals surface area contributed by atoms with Crippen molar-refractivity contribution < 1.29 is 4.79 Å². The Hall–Kier alpha value is -2.31. The number of aromatic nitrogens is 4. The first kappa shape index (κ1) is 16.5. The summed E-state index contributed by atoms with van der Waals surface area (Å²) in [6.07, 6.45) is 3.32. The van der Waals surface area contributed by atoms with Crippen molar-refractivity contribution in [3.63, 3.8) is 0 Å². The number of amides is 1. The summed E-state index contributed by atoms with van der Waals surface area (Å²) < 4.78 is 3.27. The normalized spacial score (nSPS) is 10.8. The number of nitrogens with one attached hydrogen (secondary N) is 1. The molecule has 0 aliphatic carbocycles. The van der Waals surface area contributed by atoms with E-state index in [9.17, 15) is 4.79 Å². The summed E-state index contributed by atoms with van der Waals surface area (Å²) in [5, 5.41) is 12.2. The lowest BCUT2D eigenvalue weighted by molar-refractivity contribution is -0.117. The number of anilines is 1. The quantitative estimate of drug-likeness (QED) is 0.755. The van der Waals surface area contributed by atoms with Gasteiger partial charge < -0.3 is 5.32 Å². The fourth-order valence-electron chi connectivity index (χ4n) is 2.21. The highest BCUT2D eigenvalue weighted by molar-refractivity contribution is 6.33. The standard InChI is InChI=1S/C16H15Cl2N5O/c1-11-6-7-19-23(11)10-15(24)20-16-14(18)9-22(21-16)8-12-2-4-13(17)5-3-12/h2-7,9H,8,10H2,1H3,(H,20,21,24). The Morgan fingerprint density at radius 2 is 1.96 bits per heavy atom. The first-order chi connectivity index (χ1) is 11.5. The number of hydrogen-bond donors (Lipinski definition) is 1. The van der Waals surface area contributed by atoms with Crippen LogP contribution in [0.15, 0.2) is 42.7 Å². The van der Waals surface area contributed by atoms with Crippen LogP contribution in [0.5, 0.6) is 0 Å². The van der Waals surface area contributed by atoms with Crippen LogP contribution in [0, 0.1) is 6.92 Å². The Kier molecular flexibility index (Phi) is 4.87. The minimum atomic E-state index is -0.236. The van der Waals surface area contributed by atoms with Gasteiger partial charge >= 0.3 is 0 Å². The lowest BCUT2D eigenvalue weighted by Gasteiger charge is -2.05. The molecule has 6 nitrogen and oxygen atoms in total. The van der Waals surface area contributed by atoms with Crippen molar-refractivity contribution in [3.05, 3.63) is 64.0 Å². The van der Waals surface area contributed by atoms with E-state index in [1.54, 1.807) is 21.8 Å². The van der Waals surface area contributed by atoms with Gasteiger partial charge in [0.15, 0.2) is 5.82 Å². The van der Waals surface area contributed by atoms with E-state index in [4.69, 9.17) is 23.2 Å². The Labute approximate surface area is 149 Å². The number of nitrogens with zero attached hydrogens (tertiary/aromatic N) is 4. The molecule has 0 aliphatic rings. The largest absolute Gasteiger partial charge is 0.306 e. The predicted molar refractivity (Wildman–Crippen MR) is 93.4 cm³/mol. The molecule has 0 spiro atoms. The summed E-state index contributed by atoms with van der Waals surface area (Å²) in [7, 11) is 0. The van der Waals surface area contributed by atoms with Crippen LogP contribution in [0.3, 0.4) is 0 Å². The van der Waals surface area contributed by atoms with E-state index in [0.29, 0.717) is 22.4 Å². The maximum absolute atomic E-state index is 12.1. The number of benzene rings is 1.